The van der Waals surface area contributed by atoms with Gasteiger partial charge >= 0.3 is 5.97 Å². The van der Waals surface area contributed by atoms with Gasteiger partial charge in [-0.15, -0.1) is 0 Å². The molecule has 0 aromatic heterocycles. The molecule has 4 rings (SSSR count). The van der Waals surface area contributed by atoms with Crippen molar-refractivity contribution in [2.24, 2.45) is 0 Å². The van der Waals surface area contributed by atoms with Crippen molar-refractivity contribution in [3.63, 3.8) is 0 Å². The number of carboxylic acid groups (broad SMARTS) is 1. The first-order valence-corrected chi connectivity index (χ1v) is 9.59. The number of aryl methyl sites for hydroxylation is 2. The number of hydrogen-bond donors (Lipinski definition) is 1. The molecule has 3 aromatic carbocycles. The van der Waals surface area contributed by atoms with Crippen molar-refractivity contribution < 1.29 is 9.90 Å². The zero-order valence-corrected chi connectivity index (χ0v) is 15.9. The van der Waals surface area contributed by atoms with Crippen LogP contribution in [-0.2, 0) is 4.79 Å². The minimum atomic E-state index is -0.720. The van der Waals surface area contributed by atoms with Crippen LogP contribution >= 0.6 is 0 Å². The molecule has 0 amide bonds. The molecule has 0 bridgehead atoms. The molecule has 3 nitrogen and oxygen atoms in total. The SMILES string of the molecule is Cc1ccc(C(c2cccc3ccccc23)N2CCCC2C(=O)O)c(C)c1. The Hall–Kier alpha value is -2.65. The van der Waals surface area contributed by atoms with E-state index in [4.69, 9.17) is 0 Å². The van der Waals surface area contributed by atoms with E-state index in [1.165, 1.54) is 33.0 Å². The molecule has 2 unspecified atom stereocenters. The van der Waals surface area contributed by atoms with Crippen molar-refractivity contribution in [2.45, 2.75) is 38.8 Å². The summed E-state index contributed by atoms with van der Waals surface area (Å²) in [6.07, 6.45) is 1.63. The van der Waals surface area contributed by atoms with E-state index < -0.39 is 12.0 Å². The second kappa shape index (κ2) is 7.16. The lowest BCUT2D eigenvalue weighted by Gasteiger charge is -2.33. The lowest BCUT2D eigenvalue weighted by Crippen LogP contribution is -2.39. The number of rotatable bonds is 4. The summed E-state index contributed by atoms with van der Waals surface area (Å²) in [4.78, 5) is 14.1. The summed E-state index contributed by atoms with van der Waals surface area (Å²) in [5, 5.41) is 12.2. The molecule has 0 saturated carbocycles. The lowest BCUT2D eigenvalue weighted by molar-refractivity contribution is -0.142. The van der Waals surface area contributed by atoms with Crippen LogP contribution in [0.1, 0.15) is 41.1 Å². The number of hydrogen-bond acceptors (Lipinski definition) is 2. The van der Waals surface area contributed by atoms with Gasteiger partial charge in [-0.1, -0.05) is 66.2 Å². The Bertz CT molecular complexity index is 989. The van der Waals surface area contributed by atoms with E-state index in [0.717, 1.165) is 13.0 Å². The molecule has 3 aromatic rings. The van der Waals surface area contributed by atoms with Crippen molar-refractivity contribution in [3.8, 4) is 0 Å². The largest absolute Gasteiger partial charge is 0.480 e. The van der Waals surface area contributed by atoms with Gasteiger partial charge < -0.3 is 5.11 Å². The van der Waals surface area contributed by atoms with Crippen molar-refractivity contribution in [1.82, 2.24) is 4.90 Å². The lowest BCUT2D eigenvalue weighted by atomic mass is 9.89. The first-order valence-electron chi connectivity index (χ1n) is 9.59. The van der Waals surface area contributed by atoms with Crippen LogP contribution in [0, 0.1) is 13.8 Å². The highest BCUT2D eigenvalue weighted by Gasteiger charge is 2.37. The molecule has 0 radical (unpaired) electrons. The van der Waals surface area contributed by atoms with Crippen LogP contribution in [0.4, 0.5) is 0 Å². The van der Waals surface area contributed by atoms with Crippen LogP contribution in [0.15, 0.2) is 60.7 Å². The van der Waals surface area contributed by atoms with Gasteiger partial charge in [0.15, 0.2) is 0 Å². The Morgan fingerprint density at radius 3 is 2.59 bits per heavy atom. The third-order valence-corrected chi connectivity index (χ3v) is 5.75. The van der Waals surface area contributed by atoms with E-state index in [1.807, 2.05) is 6.07 Å². The van der Waals surface area contributed by atoms with Gasteiger partial charge in [0, 0.05) is 6.54 Å². The Morgan fingerprint density at radius 1 is 1.04 bits per heavy atom. The highest BCUT2D eigenvalue weighted by molar-refractivity contribution is 5.86. The van der Waals surface area contributed by atoms with E-state index >= 15 is 0 Å². The highest BCUT2D eigenvalue weighted by Crippen LogP contribution is 2.39. The van der Waals surface area contributed by atoms with Gasteiger partial charge in [0.05, 0.1) is 6.04 Å². The molecule has 1 heterocycles. The summed E-state index contributed by atoms with van der Waals surface area (Å²) >= 11 is 0. The van der Waals surface area contributed by atoms with Crippen molar-refractivity contribution in [2.75, 3.05) is 6.54 Å². The second-order valence-electron chi connectivity index (χ2n) is 7.57. The Morgan fingerprint density at radius 2 is 1.81 bits per heavy atom. The number of carbonyl (C=O) groups is 1. The number of carboxylic acids is 1. The predicted molar refractivity (Wildman–Crippen MR) is 109 cm³/mol. The molecule has 1 aliphatic rings. The molecule has 0 spiro atoms. The molecular weight excluding hydrogens is 334 g/mol. The predicted octanol–water partition coefficient (Wildman–Crippen LogP) is 5.10. The summed E-state index contributed by atoms with van der Waals surface area (Å²) < 4.78 is 0. The van der Waals surface area contributed by atoms with Crippen LogP contribution in [-0.4, -0.2) is 28.6 Å². The van der Waals surface area contributed by atoms with Gasteiger partial charge in [-0.05, 0) is 54.2 Å². The fourth-order valence-corrected chi connectivity index (χ4v) is 4.51. The van der Waals surface area contributed by atoms with E-state index in [9.17, 15) is 9.90 Å². The molecule has 1 fully saturated rings. The van der Waals surface area contributed by atoms with Crippen LogP contribution in [0.2, 0.25) is 0 Å². The number of nitrogens with zero attached hydrogens (tertiary/aromatic N) is 1. The van der Waals surface area contributed by atoms with Crippen molar-refractivity contribution in [1.29, 1.82) is 0 Å². The fraction of sp³-hybridized carbons (Fsp3) is 0.292. The molecule has 1 aliphatic heterocycles. The van der Waals surface area contributed by atoms with Gasteiger partial charge in [0.2, 0.25) is 0 Å². The maximum Gasteiger partial charge on any atom is 0.320 e. The molecule has 1 N–H and O–H groups in total. The van der Waals surface area contributed by atoms with Crippen LogP contribution in [0.5, 0.6) is 0 Å². The quantitative estimate of drug-likeness (QED) is 0.705. The first-order chi connectivity index (χ1) is 13.1. The van der Waals surface area contributed by atoms with Gasteiger partial charge in [-0.3, -0.25) is 9.69 Å². The Balaban J connectivity index is 1.94. The van der Waals surface area contributed by atoms with Crippen LogP contribution in [0.25, 0.3) is 10.8 Å². The number of benzene rings is 3. The summed E-state index contributed by atoms with van der Waals surface area (Å²) in [5.74, 6) is -0.720. The standard InChI is InChI=1S/C24H25NO2/c1-16-12-13-19(17(2)15-16)23(25-14-6-11-22(25)24(26)27)21-10-5-8-18-7-3-4-9-20(18)21/h3-5,7-10,12-13,15,22-23H,6,11,14H2,1-2H3,(H,26,27). The average molecular weight is 359 g/mol. The Labute approximate surface area is 160 Å². The third-order valence-electron chi connectivity index (χ3n) is 5.75. The number of fused-ring (bicyclic) bond motifs is 1. The van der Waals surface area contributed by atoms with Gasteiger partial charge in [0.25, 0.3) is 0 Å². The molecular formula is C24H25NO2. The molecule has 138 valence electrons. The summed E-state index contributed by atoms with van der Waals surface area (Å²) in [6, 6.07) is 20.7. The van der Waals surface area contributed by atoms with E-state index in [1.54, 1.807) is 0 Å². The van der Waals surface area contributed by atoms with Crippen LogP contribution < -0.4 is 0 Å². The first kappa shape index (κ1) is 17.7. The third kappa shape index (κ3) is 3.24. The minimum Gasteiger partial charge on any atom is -0.480 e. The zero-order chi connectivity index (χ0) is 19.0. The molecule has 0 aliphatic carbocycles. The van der Waals surface area contributed by atoms with Gasteiger partial charge in [-0.2, -0.15) is 0 Å². The second-order valence-corrected chi connectivity index (χ2v) is 7.57. The maximum absolute atomic E-state index is 11.9. The minimum absolute atomic E-state index is 0.0553. The normalized spacial score (nSPS) is 18.7. The summed E-state index contributed by atoms with van der Waals surface area (Å²) in [6.45, 7) is 5.03. The average Bonchev–Trinajstić information content (AvgIpc) is 3.13. The molecule has 27 heavy (non-hydrogen) atoms. The van der Waals surface area contributed by atoms with Crippen molar-refractivity contribution >= 4 is 16.7 Å². The van der Waals surface area contributed by atoms with Crippen LogP contribution in [0.3, 0.4) is 0 Å². The van der Waals surface area contributed by atoms with Gasteiger partial charge in [0.1, 0.15) is 6.04 Å². The van der Waals surface area contributed by atoms with Crippen molar-refractivity contribution in [3.05, 3.63) is 82.9 Å². The Kier molecular flexibility index (Phi) is 4.71. The molecule has 2 atom stereocenters. The topological polar surface area (TPSA) is 40.5 Å². The van der Waals surface area contributed by atoms with E-state index in [-0.39, 0.29) is 6.04 Å². The molecule has 1 saturated heterocycles. The highest BCUT2D eigenvalue weighted by atomic mass is 16.4. The summed E-state index contributed by atoms with van der Waals surface area (Å²) in [5.41, 5.74) is 4.83. The summed E-state index contributed by atoms with van der Waals surface area (Å²) in [7, 11) is 0. The maximum atomic E-state index is 11.9. The zero-order valence-electron chi connectivity index (χ0n) is 15.9. The molecule has 3 heteroatoms. The smallest absolute Gasteiger partial charge is 0.320 e. The fourth-order valence-electron chi connectivity index (χ4n) is 4.51. The number of aliphatic carboxylic acids is 1. The van der Waals surface area contributed by atoms with E-state index in [0.29, 0.717) is 6.42 Å². The van der Waals surface area contributed by atoms with E-state index in [2.05, 4.69) is 73.3 Å². The van der Waals surface area contributed by atoms with Gasteiger partial charge in [-0.25, -0.2) is 0 Å². The monoisotopic (exact) mass is 359 g/mol. The number of likely N-dealkylation sites (tertiary alicyclic amines) is 1.